The van der Waals surface area contributed by atoms with Crippen molar-refractivity contribution < 1.29 is 9.90 Å². The highest BCUT2D eigenvalue weighted by Gasteiger charge is 2.44. The second-order valence-corrected chi connectivity index (χ2v) is 6.10. The summed E-state index contributed by atoms with van der Waals surface area (Å²) in [6.45, 7) is 5.99. The molecule has 2 rings (SSSR count). The van der Waals surface area contributed by atoms with E-state index in [1.54, 1.807) is 11.8 Å². The monoisotopic (exact) mass is 266 g/mol. The van der Waals surface area contributed by atoms with Crippen LogP contribution in [0.5, 0.6) is 0 Å². The van der Waals surface area contributed by atoms with E-state index in [1.165, 1.54) is 0 Å². The fraction of sp³-hybridized carbons (Fsp3) is 0.615. The summed E-state index contributed by atoms with van der Waals surface area (Å²) in [5.74, 6) is 0.103. The molecule has 0 amide bonds. The van der Waals surface area contributed by atoms with E-state index in [9.17, 15) is 4.79 Å². The SMILES string of the molecule is Cc1nc(SCC2(CC(=O)O)CC2)nc(C)c1C. The van der Waals surface area contributed by atoms with Crippen LogP contribution in [0.25, 0.3) is 0 Å². The molecule has 1 fully saturated rings. The number of thioether (sulfide) groups is 1. The number of hydrogen-bond acceptors (Lipinski definition) is 4. The highest BCUT2D eigenvalue weighted by molar-refractivity contribution is 7.99. The summed E-state index contributed by atoms with van der Waals surface area (Å²) in [7, 11) is 0. The van der Waals surface area contributed by atoms with Crippen LogP contribution in [-0.2, 0) is 4.79 Å². The lowest BCUT2D eigenvalue weighted by Gasteiger charge is -2.12. The summed E-state index contributed by atoms with van der Waals surface area (Å²) >= 11 is 1.58. The van der Waals surface area contributed by atoms with Crippen molar-refractivity contribution in [2.24, 2.45) is 5.41 Å². The van der Waals surface area contributed by atoms with Crippen molar-refractivity contribution in [3.05, 3.63) is 17.0 Å². The number of nitrogens with zero attached hydrogens (tertiary/aromatic N) is 2. The van der Waals surface area contributed by atoms with Crippen molar-refractivity contribution in [1.82, 2.24) is 9.97 Å². The van der Waals surface area contributed by atoms with Gasteiger partial charge in [0, 0.05) is 17.1 Å². The van der Waals surface area contributed by atoms with Crippen LogP contribution in [0.1, 0.15) is 36.2 Å². The average Bonchev–Trinajstić information content (AvgIpc) is 3.02. The van der Waals surface area contributed by atoms with E-state index in [0.717, 1.165) is 40.7 Å². The van der Waals surface area contributed by atoms with Crippen molar-refractivity contribution in [2.75, 3.05) is 5.75 Å². The molecule has 18 heavy (non-hydrogen) atoms. The van der Waals surface area contributed by atoms with E-state index in [4.69, 9.17) is 5.11 Å². The van der Waals surface area contributed by atoms with Crippen LogP contribution in [-0.4, -0.2) is 26.8 Å². The third kappa shape index (κ3) is 3.02. The quantitative estimate of drug-likeness (QED) is 0.656. The van der Waals surface area contributed by atoms with Crippen molar-refractivity contribution in [2.45, 2.75) is 45.2 Å². The van der Waals surface area contributed by atoms with Gasteiger partial charge in [-0.3, -0.25) is 4.79 Å². The first-order valence-electron chi connectivity index (χ1n) is 6.08. The number of aryl methyl sites for hydroxylation is 2. The Kier molecular flexibility index (Phi) is 3.61. The number of carboxylic acids is 1. The molecule has 0 bridgehead atoms. The molecule has 5 heteroatoms. The Hall–Kier alpha value is -1.10. The Labute approximate surface area is 111 Å². The minimum atomic E-state index is -0.703. The number of carboxylic acid groups (broad SMARTS) is 1. The van der Waals surface area contributed by atoms with Gasteiger partial charge in [-0.15, -0.1) is 0 Å². The maximum absolute atomic E-state index is 10.8. The van der Waals surface area contributed by atoms with Crippen LogP contribution < -0.4 is 0 Å². The van der Waals surface area contributed by atoms with Crippen molar-refractivity contribution in [3.8, 4) is 0 Å². The van der Waals surface area contributed by atoms with Gasteiger partial charge < -0.3 is 5.11 Å². The molecule has 1 aliphatic rings. The first-order chi connectivity index (χ1) is 8.42. The summed E-state index contributed by atoms with van der Waals surface area (Å²) in [6.07, 6.45) is 2.29. The second kappa shape index (κ2) is 4.88. The van der Waals surface area contributed by atoms with Gasteiger partial charge in [-0.2, -0.15) is 0 Å². The zero-order chi connectivity index (χ0) is 13.3. The Bertz CT molecular complexity index is 461. The molecule has 1 aromatic rings. The lowest BCUT2D eigenvalue weighted by Crippen LogP contribution is -2.11. The van der Waals surface area contributed by atoms with Crippen LogP contribution in [0, 0.1) is 26.2 Å². The van der Waals surface area contributed by atoms with Crippen LogP contribution in [0.2, 0.25) is 0 Å². The van der Waals surface area contributed by atoms with Crippen molar-refractivity contribution in [1.29, 1.82) is 0 Å². The topological polar surface area (TPSA) is 63.1 Å². The van der Waals surface area contributed by atoms with Crippen molar-refractivity contribution in [3.63, 3.8) is 0 Å². The lowest BCUT2D eigenvalue weighted by molar-refractivity contribution is -0.138. The van der Waals surface area contributed by atoms with Crippen LogP contribution in [0.4, 0.5) is 0 Å². The van der Waals surface area contributed by atoms with Gasteiger partial charge in [-0.25, -0.2) is 9.97 Å². The first kappa shape index (κ1) is 13.3. The molecule has 1 heterocycles. The van der Waals surface area contributed by atoms with Crippen LogP contribution >= 0.6 is 11.8 Å². The largest absolute Gasteiger partial charge is 0.481 e. The normalized spacial score (nSPS) is 16.6. The summed E-state index contributed by atoms with van der Waals surface area (Å²) in [5, 5.41) is 9.64. The maximum Gasteiger partial charge on any atom is 0.303 e. The molecule has 1 aromatic heterocycles. The third-order valence-electron chi connectivity index (χ3n) is 3.60. The predicted molar refractivity (Wildman–Crippen MR) is 70.9 cm³/mol. The lowest BCUT2D eigenvalue weighted by atomic mass is 10.1. The molecule has 0 saturated heterocycles. The highest BCUT2D eigenvalue weighted by Crippen LogP contribution is 2.51. The van der Waals surface area contributed by atoms with Crippen LogP contribution in [0.3, 0.4) is 0 Å². The Morgan fingerprint density at radius 2 is 1.83 bits per heavy atom. The standard InChI is InChI=1S/C13H18N2O2S/c1-8-9(2)14-12(15-10(8)3)18-7-13(4-5-13)6-11(16)17/h4-7H2,1-3H3,(H,16,17). The van der Waals surface area contributed by atoms with Crippen molar-refractivity contribution >= 4 is 17.7 Å². The third-order valence-corrected chi connectivity index (χ3v) is 4.80. The molecule has 1 N–H and O–H groups in total. The van der Waals surface area contributed by atoms with Crippen LogP contribution in [0.15, 0.2) is 5.16 Å². The number of aromatic nitrogens is 2. The zero-order valence-electron chi connectivity index (χ0n) is 11.0. The van der Waals surface area contributed by atoms with E-state index in [-0.39, 0.29) is 11.8 Å². The Morgan fingerprint density at radius 3 is 2.28 bits per heavy atom. The highest BCUT2D eigenvalue weighted by atomic mass is 32.2. The number of aliphatic carboxylic acids is 1. The Balaban J connectivity index is 2.01. The molecule has 0 radical (unpaired) electrons. The fourth-order valence-electron chi connectivity index (χ4n) is 1.89. The predicted octanol–water partition coefficient (Wildman–Crippen LogP) is 2.75. The molecule has 1 aliphatic carbocycles. The fourth-order valence-corrected chi connectivity index (χ4v) is 3.12. The molecule has 0 aliphatic heterocycles. The smallest absolute Gasteiger partial charge is 0.303 e. The molecular formula is C13H18N2O2S. The van der Waals surface area contributed by atoms with E-state index in [2.05, 4.69) is 9.97 Å². The van der Waals surface area contributed by atoms with E-state index in [0.29, 0.717) is 0 Å². The van der Waals surface area contributed by atoms with Gasteiger partial charge in [0.05, 0.1) is 6.42 Å². The van der Waals surface area contributed by atoms with Gasteiger partial charge in [-0.1, -0.05) is 11.8 Å². The summed E-state index contributed by atoms with van der Waals surface area (Å²) in [5.41, 5.74) is 3.14. The number of hydrogen-bond donors (Lipinski definition) is 1. The molecular weight excluding hydrogens is 248 g/mol. The van der Waals surface area contributed by atoms with Gasteiger partial charge in [0.2, 0.25) is 0 Å². The minimum absolute atomic E-state index is 0.00739. The average molecular weight is 266 g/mol. The number of carbonyl (C=O) groups is 1. The summed E-state index contributed by atoms with van der Waals surface area (Å²) < 4.78 is 0. The molecule has 0 spiro atoms. The second-order valence-electron chi connectivity index (χ2n) is 5.16. The Morgan fingerprint density at radius 1 is 1.28 bits per heavy atom. The molecule has 0 atom stereocenters. The molecule has 0 aromatic carbocycles. The van der Waals surface area contributed by atoms with E-state index >= 15 is 0 Å². The minimum Gasteiger partial charge on any atom is -0.481 e. The van der Waals surface area contributed by atoms with Gasteiger partial charge in [0.25, 0.3) is 0 Å². The van der Waals surface area contributed by atoms with Gasteiger partial charge in [0.15, 0.2) is 5.16 Å². The zero-order valence-corrected chi connectivity index (χ0v) is 11.8. The molecule has 0 unspecified atom stereocenters. The molecule has 98 valence electrons. The van der Waals surface area contributed by atoms with E-state index in [1.807, 2.05) is 20.8 Å². The molecule has 1 saturated carbocycles. The summed E-state index contributed by atoms with van der Waals surface area (Å²) in [6, 6.07) is 0. The van der Waals surface area contributed by atoms with Gasteiger partial charge >= 0.3 is 5.97 Å². The van der Waals surface area contributed by atoms with E-state index < -0.39 is 5.97 Å². The first-order valence-corrected chi connectivity index (χ1v) is 7.07. The van der Waals surface area contributed by atoms with Gasteiger partial charge in [-0.05, 0) is 44.6 Å². The maximum atomic E-state index is 10.8. The summed E-state index contributed by atoms with van der Waals surface area (Å²) in [4.78, 5) is 19.7. The number of rotatable bonds is 5. The molecule has 4 nitrogen and oxygen atoms in total. The van der Waals surface area contributed by atoms with Gasteiger partial charge in [0.1, 0.15) is 0 Å².